The van der Waals surface area contributed by atoms with Crippen LogP contribution in [0.15, 0.2) is 5.38 Å². The third-order valence-electron chi connectivity index (χ3n) is 3.44. The van der Waals surface area contributed by atoms with Gasteiger partial charge in [-0.05, 0) is 26.8 Å². The number of thiazole rings is 1. The first-order chi connectivity index (χ1) is 9.65. The van der Waals surface area contributed by atoms with E-state index in [9.17, 15) is 4.79 Å². The molecule has 112 valence electrons. The fourth-order valence-corrected chi connectivity index (χ4v) is 2.96. The zero-order chi connectivity index (χ0) is 14.4. The summed E-state index contributed by atoms with van der Waals surface area (Å²) in [5, 5.41) is 6.05. The molecular weight excluding hydrogens is 274 g/mol. The van der Waals surface area contributed by atoms with Crippen LogP contribution in [0.4, 0.5) is 0 Å². The fourth-order valence-electron chi connectivity index (χ4n) is 2.25. The molecule has 0 saturated carbocycles. The highest BCUT2D eigenvalue weighted by Crippen LogP contribution is 2.15. The second-order valence-electron chi connectivity index (χ2n) is 5.14. The van der Waals surface area contributed by atoms with E-state index in [1.54, 1.807) is 11.3 Å². The Kier molecular flexibility index (Phi) is 5.94. The normalized spacial score (nSPS) is 17.9. The summed E-state index contributed by atoms with van der Waals surface area (Å²) >= 11 is 1.62. The molecule has 0 aliphatic carbocycles. The number of aryl methyl sites for hydroxylation is 1. The molecule has 2 rings (SSSR count). The maximum absolute atomic E-state index is 11.9. The maximum atomic E-state index is 11.9. The van der Waals surface area contributed by atoms with Crippen molar-refractivity contribution in [3.63, 3.8) is 0 Å². The maximum Gasteiger partial charge on any atom is 0.220 e. The molecular formula is C14H23N3O2S. The number of carbonyl (C=O) groups is 1. The summed E-state index contributed by atoms with van der Waals surface area (Å²) in [5.74, 6) is 0.108. The van der Waals surface area contributed by atoms with Gasteiger partial charge in [-0.15, -0.1) is 11.3 Å². The van der Waals surface area contributed by atoms with Gasteiger partial charge >= 0.3 is 0 Å². The number of hydrogen-bond donors (Lipinski definition) is 1. The van der Waals surface area contributed by atoms with Crippen LogP contribution >= 0.6 is 11.3 Å². The van der Waals surface area contributed by atoms with E-state index in [4.69, 9.17) is 4.74 Å². The molecule has 0 bridgehead atoms. The van der Waals surface area contributed by atoms with Crippen molar-refractivity contribution in [3.8, 4) is 0 Å². The zero-order valence-electron chi connectivity index (χ0n) is 12.2. The molecule has 0 spiro atoms. The van der Waals surface area contributed by atoms with Crippen LogP contribution in [0.25, 0.3) is 0 Å². The van der Waals surface area contributed by atoms with E-state index in [0.717, 1.165) is 50.0 Å². The summed E-state index contributed by atoms with van der Waals surface area (Å²) in [5.41, 5.74) is 0.953. The highest BCUT2D eigenvalue weighted by molar-refractivity contribution is 7.09. The molecule has 6 heteroatoms. The average molecular weight is 297 g/mol. The first kappa shape index (κ1) is 15.4. The van der Waals surface area contributed by atoms with E-state index in [-0.39, 0.29) is 11.9 Å². The van der Waals surface area contributed by atoms with Crippen LogP contribution in [0, 0.1) is 6.92 Å². The molecule has 0 radical (unpaired) electrons. The Morgan fingerprint density at radius 1 is 1.55 bits per heavy atom. The van der Waals surface area contributed by atoms with E-state index in [1.807, 2.05) is 19.2 Å². The number of nitrogens with one attached hydrogen (secondary N) is 1. The van der Waals surface area contributed by atoms with Crippen molar-refractivity contribution < 1.29 is 9.53 Å². The van der Waals surface area contributed by atoms with Crippen LogP contribution in [0.5, 0.6) is 0 Å². The third kappa shape index (κ3) is 4.85. The topological polar surface area (TPSA) is 54.5 Å². The minimum Gasteiger partial charge on any atom is -0.379 e. The number of amides is 1. The molecule has 1 aliphatic heterocycles. The van der Waals surface area contributed by atoms with E-state index >= 15 is 0 Å². The highest BCUT2D eigenvalue weighted by Gasteiger charge is 2.13. The molecule has 0 aromatic carbocycles. The van der Waals surface area contributed by atoms with Gasteiger partial charge in [0.2, 0.25) is 5.91 Å². The van der Waals surface area contributed by atoms with Gasteiger partial charge in [0.25, 0.3) is 0 Å². The Labute approximate surface area is 124 Å². The van der Waals surface area contributed by atoms with Crippen LogP contribution in [0.1, 0.15) is 36.5 Å². The summed E-state index contributed by atoms with van der Waals surface area (Å²) in [4.78, 5) is 18.6. The number of morpholine rings is 1. The second-order valence-corrected chi connectivity index (χ2v) is 6.20. The number of ether oxygens (including phenoxy) is 1. The SMILES string of the molecule is Cc1nc([C@@H](C)NC(=O)CCCN2CCOCC2)cs1. The second kappa shape index (κ2) is 7.71. The van der Waals surface area contributed by atoms with Gasteiger partial charge in [0.1, 0.15) is 0 Å². The van der Waals surface area contributed by atoms with Crippen LogP contribution in [0.2, 0.25) is 0 Å². The molecule has 1 atom stereocenters. The lowest BCUT2D eigenvalue weighted by Crippen LogP contribution is -2.37. The molecule has 0 unspecified atom stereocenters. The summed E-state index contributed by atoms with van der Waals surface area (Å²) < 4.78 is 5.30. The molecule has 1 aliphatic rings. The van der Waals surface area contributed by atoms with Crippen molar-refractivity contribution in [1.29, 1.82) is 0 Å². The smallest absolute Gasteiger partial charge is 0.220 e. The van der Waals surface area contributed by atoms with Crippen LogP contribution in [-0.2, 0) is 9.53 Å². The largest absolute Gasteiger partial charge is 0.379 e. The van der Waals surface area contributed by atoms with Gasteiger partial charge in [-0.1, -0.05) is 0 Å². The summed E-state index contributed by atoms with van der Waals surface area (Å²) in [6, 6.07) is -0.00385. The van der Waals surface area contributed by atoms with Crippen molar-refractivity contribution in [2.75, 3.05) is 32.8 Å². The Balaban J connectivity index is 1.64. The lowest BCUT2D eigenvalue weighted by molar-refractivity contribution is -0.122. The van der Waals surface area contributed by atoms with Gasteiger partial charge in [-0.2, -0.15) is 0 Å². The number of aromatic nitrogens is 1. The van der Waals surface area contributed by atoms with Crippen molar-refractivity contribution in [2.24, 2.45) is 0 Å². The van der Waals surface area contributed by atoms with Gasteiger partial charge in [0, 0.05) is 24.9 Å². The van der Waals surface area contributed by atoms with Gasteiger partial charge < -0.3 is 10.1 Å². The first-order valence-electron chi connectivity index (χ1n) is 7.16. The molecule has 1 amide bonds. The molecule has 1 fully saturated rings. The minimum atomic E-state index is -0.00385. The van der Waals surface area contributed by atoms with Crippen molar-refractivity contribution in [2.45, 2.75) is 32.7 Å². The molecule has 2 heterocycles. The Morgan fingerprint density at radius 3 is 2.95 bits per heavy atom. The van der Waals surface area contributed by atoms with E-state index < -0.39 is 0 Å². The summed E-state index contributed by atoms with van der Waals surface area (Å²) in [6.07, 6.45) is 1.47. The average Bonchev–Trinajstić information content (AvgIpc) is 2.87. The van der Waals surface area contributed by atoms with Crippen molar-refractivity contribution in [1.82, 2.24) is 15.2 Å². The van der Waals surface area contributed by atoms with Crippen molar-refractivity contribution in [3.05, 3.63) is 16.1 Å². The number of rotatable bonds is 6. The number of nitrogens with zero attached hydrogens (tertiary/aromatic N) is 2. The van der Waals surface area contributed by atoms with E-state index in [2.05, 4.69) is 15.2 Å². The highest BCUT2D eigenvalue weighted by atomic mass is 32.1. The molecule has 1 saturated heterocycles. The minimum absolute atomic E-state index is 0.00385. The first-order valence-corrected chi connectivity index (χ1v) is 8.04. The van der Waals surface area contributed by atoms with Gasteiger partial charge in [-0.3, -0.25) is 9.69 Å². The molecule has 1 aromatic rings. The Morgan fingerprint density at radius 2 is 2.30 bits per heavy atom. The Bertz CT molecular complexity index is 430. The van der Waals surface area contributed by atoms with Gasteiger partial charge in [0.15, 0.2) is 0 Å². The molecule has 1 N–H and O–H groups in total. The molecule has 5 nitrogen and oxygen atoms in total. The number of hydrogen-bond acceptors (Lipinski definition) is 5. The number of carbonyl (C=O) groups excluding carboxylic acids is 1. The predicted molar refractivity (Wildman–Crippen MR) is 79.9 cm³/mol. The molecule has 1 aromatic heterocycles. The van der Waals surface area contributed by atoms with Gasteiger partial charge in [0.05, 0.1) is 30.0 Å². The van der Waals surface area contributed by atoms with Gasteiger partial charge in [-0.25, -0.2) is 4.98 Å². The summed E-state index contributed by atoms with van der Waals surface area (Å²) in [6.45, 7) is 8.52. The lowest BCUT2D eigenvalue weighted by atomic mass is 10.2. The summed E-state index contributed by atoms with van der Waals surface area (Å²) in [7, 11) is 0. The fraction of sp³-hybridized carbons (Fsp3) is 0.714. The van der Waals surface area contributed by atoms with Crippen molar-refractivity contribution >= 4 is 17.2 Å². The van der Waals surface area contributed by atoms with E-state index in [1.165, 1.54) is 0 Å². The zero-order valence-corrected chi connectivity index (χ0v) is 13.0. The van der Waals surface area contributed by atoms with Crippen LogP contribution in [-0.4, -0.2) is 48.6 Å². The third-order valence-corrected chi connectivity index (χ3v) is 4.23. The lowest BCUT2D eigenvalue weighted by Gasteiger charge is -2.26. The van der Waals surface area contributed by atoms with Crippen LogP contribution in [0.3, 0.4) is 0 Å². The van der Waals surface area contributed by atoms with Crippen LogP contribution < -0.4 is 5.32 Å². The Hall–Kier alpha value is -0.980. The molecule has 20 heavy (non-hydrogen) atoms. The monoisotopic (exact) mass is 297 g/mol. The standard InChI is InChI=1S/C14H23N3O2S/c1-11(13-10-20-12(2)16-13)15-14(18)4-3-5-17-6-8-19-9-7-17/h10-11H,3-9H2,1-2H3,(H,15,18)/t11-/m1/s1. The predicted octanol–water partition coefficient (Wildman–Crippen LogP) is 1.74. The quantitative estimate of drug-likeness (QED) is 0.869. The van der Waals surface area contributed by atoms with E-state index in [0.29, 0.717) is 6.42 Å².